The second kappa shape index (κ2) is 6.89. The molecule has 1 amide bonds. The quantitative estimate of drug-likeness (QED) is 0.594. The number of nitrogens with one attached hydrogen (secondary N) is 2. The zero-order valence-corrected chi connectivity index (χ0v) is 9.31. The molecule has 0 bridgehead atoms. The lowest BCUT2D eigenvalue weighted by Gasteiger charge is -2.14. The topological polar surface area (TPSA) is 104 Å². The zero-order chi connectivity index (χ0) is 11.8. The number of aromatic nitrogens is 4. The van der Waals surface area contributed by atoms with Gasteiger partial charge in [-0.2, -0.15) is 5.21 Å². The highest BCUT2D eigenvalue weighted by molar-refractivity contribution is 5.89. The van der Waals surface area contributed by atoms with Gasteiger partial charge in [-0.15, -0.1) is 10.2 Å². The molecule has 0 saturated heterocycles. The van der Waals surface area contributed by atoms with Gasteiger partial charge in [0.15, 0.2) is 0 Å². The monoisotopic (exact) mass is 227 g/mol. The van der Waals surface area contributed by atoms with E-state index in [1.807, 2.05) is 0 Å². The molecule has 0 aliphatic rings. The van der Waals surface area contributed by atoms with Gasteiger partial charge in [0.1, 0.15) is 0 Å². The third-order valence-corrected chi connectivity index (χ3v) is 2.33. The Morgan fingerprint density at radius 2 is 2.38 bits per heavy atom. The molecule has 1 aromatic heterocycles. The first-order chi connectivity index (χ1) is 7.77. The van der Waals surface area contributed by atoms with Gasteiger partial charge >= 0.3 is 0 Å². The van der Waals surface area contributed by atoms with Crippen LogP contribution in [0.5, 0.6) is 0 Å². The summed E-state index contributed by atoms with van der Waals surface area (Å²) < 4.78 is 0. The van der Waals surface area contributed by atoms with Crippen LogP contribution >= 0.6 is 0 Å². The van der Waals surface area contributed by atoms with Crippen molar-refractivity contribution in [1.29, 1.82) is 0 Å². The second-order valence-corrected chi connectivity index (χ2v) is 3.61. The number of nitrogens with zero attached hydrogens (tertiary/aromatic N) is 3. The molecule has 0 saturated carbocycles. The number of H-pyrrole nitrogens is 1. The van der Waals surface area contributed by atoms with Crippen molar-refractivity contribution in [3.05, 3.63) is 5.82 Å². The molecule has 7 nitrogen and oxygen atoms in total. The molecular weight excluding hydrogens is 210 g/mol. The summed E-state index contributed by atoms with van der Waals surface area (Å²) in [7, 11) is 0. The minimum Gasteiger partial charge on any atom is -0.396 e. The van der Waals surface area contributed by atoms with Gasteiger partial charge in [-0.3, -0.25) is 4.79 Å². The lowest BCUT2D eigenvalue weighted by atomic mass is 10.0. The van der Waals surface area contributed by atoms with Gasteiger partial charge in [-0.25, -0.2) is 0 Å². The highest BCUT2D eigenvalue weighted by Crippen LogP contribution is 2.09. The van der Waals surface area contributed by atoms with E-state index >= 15 is 0 Å². The SMILES string of the molecule is CCCC(CCO)CNC(=O)c1nn[nH]n1. The number of carbonyl (C=O) groups excluding carboxylic acids is 1. The van der Waals surface area contributed by atoms with E-state index in [0.29, 0.717) is 18.9 Å². The van der Waals surface area contributed by atoms with E-state index in [4.69, 9.17) is 5.11 Å². The van der Waals surface area contributed by atoms with Crippen molar-refractivity contribution in [3.8, 4) is 0 Å². The molecular formula is C9H17N5O2. The van der Waals surface area contributed by atoms with E-state index in [1.54, 1.807) is 0 Å². The molecule has 3 N–H and O–H groups in total. The first-order valence-electron chi connectivity index (χ1n) is 5.40. The Balaban J connectivity index is 2.34. The van der Waals surface area contributed by atoms with E-state index < -0.39 is 0 Å². The number of aliphatic hydroxyl groups is 1. The first-order valence-corrected chi connectivity index (χ1v) is 5.40. The predicted octanol–water partition coefficient (Wildman–Crippen LogP) is -0.272. The van der Waals surface area contributed by atoms with Crippen LogP contribution in [-0.4, -0.2) is 44.8 Å². The van der Waals surface area contributed by atoms with E-state index in [1.165, 1.54) is 0 Å². The lowest BCUT2D eigenvalue weighted by Crippen LogP contribution is -2.30. The van der Waals surface area contributed by atoms with Crippen LogP contribution in [0.3, 0.4) is 0 Å². The van der Waals surface area contributed by atoms with Crippen LogP contribution in [-0.2, 0) is 0 Å². The Kier molecular flexibility index (Phi) is 5.41. The van der Waals surface area contributed by atoms with Gasteiger partial charge in [0.2, 0.25) is 0 Å². The smallest absolute Gasteiger partial charge is 0.292 e. The van der Waals surface area contributed by atoms with Crippen molar-refractivity contribution in [2.45, 2.75) is 26.2 Å². The summed E-state index contributed by atoms with van der Waals surface area (Å²) in [6.45, 7) is 2.75. The number of tetrazole rings is 1. The summed E-state index contributed by atoms with van der Waals surface area (Å²) in [6.07, 6.45) is 2.70. The molecule has 0 fully saturated rings. The number of hydrogen-bond donors (Lipinski definition) is 3. The molecule has 0 aromatic carbocycles. The third kappa shape index (κ3) is 3.93. The number of hydrogen-bond acceptors (Lipinski definition) is 5. The predicted molar refractivity (Wildman–Crippen MR) is 56.6 cm³/mol. The Morgan fingerprint density at radius 1 is 1.56 bits per heavy atom. The summed E-state index contributed by atoms with van der Waals surface area (Å²) >= 11 is 0. The largest absolute Gasteiger partial charge is 0.396 e. The number of aliphatic hydroxyl groups excluding tert-OH is 1. The van der Waals surface area contributed by atoms with Crippen molar-refractivity contribution < 1.29 is 9.90 Å². The first kappa shape index (κ1) is 12.6. The summed E-state index contributed by atoms with van der Waals surface area (Å²) in [4.78, 5) is 11.5. The van der Waals surface area contributed by atoms with Crippen LogP contribution in [0, 0.1) is 5.92 Å². The molecule has 1 aromatic rings. The lowest BCUT2D eigenvalue weighted by molar-refractivity contribution is 0.0932. The van der Waals surface area contributed by atoms with Crippen LogP contribution in [0.15, 0.2) is 0 Å². The molecule has 1 atom stereocenters. The number of rotatable bonds is 7. The number of amides is 1. The van der Waals surface area contributed by atoms with E-state index in [-0.39, 0.29) is 18.3 Å². The van der Waals surface area contributed by atoms with E-state index in [0.717, 1.165) is 12.8 Å². The maximum Gasteiger partial charge on any atom is 0.292 e. The van der Waals surface area contributed by atoms with E-state index in [9.17, 15) is 4.79 Å². The van der Waals surface area contributed by atoms with Crippen LogP contribution < -0.4 is 5.32 Å². The van der Waals surface area contributed by atoms with E-state index in [2.05, 4.69) is 32.9 Å². The van der Waals surface area contributed by atoms with Crippen molar-refractivity contribution in [3.63, 3.8) is 0 Å². The summed E-state index contributed by atoms with van der Waals surface area (Å²) in [6, 6.07) is 0. The zero-order valence-electron chi connectivity index (χ0n) is 9.31. The van der Waals surface area contributed by atoms with Gasteiger partial charge < -0.3 is 10.4 Å². The van der Waals surface area contributed by atoms with Crippen LogP contribution in [0.4, 0.5) is 0 Å². The maximum atomic E-state index is 11.5. The fraction of sp³-hybridized carbons (Fsp3) is 0.778. The molecule has 90 valence electrons. The molecule has 0 spiro atoms. The summed E-state index contributed by atoms with van der Waals surface area (Å²) in [5.41, 5.74) is 0. The number of carbonyl (C=O) groups is 1. The molecule has 0 aliphatic heterocycles. The highest BCUT2D eigenvalue weighted by Gasteiger charge is 2.13. The summed E-state index contributed by atoms with van der Waals surface area (Å²) in [5.74, 6) is -0.00195. The molecule has 0 radical (unpaired) electrons. The van der Waals surface area contributed by atoms with Crippen molar-refractivity contribution >= 4 is 5.91 Å². The third-order valence-electron chi connectivity index (χ3n) is 2.33. The minimum absolute atomic E-state index is 0.0410. The van der Waals surface area contributed by atoms with Gasteiger partial charge in [-0.05, 0) is 24.0 Å². The molecule has 1 heterocycles. The fourth-order valence-corrected chi connectivity index (χ4v) is 1.51. The minimum atomic E-state index is -0.340. The van der Waals surface area contributed by atoms with Crippen LogP contribution in [0.25, 0.3) is 0 Å². The van der Waals surface area contributed by atoms with Gasteiger partial charge in [0, 0.05) is 13.2 Å². The fourth-order valence-electron chi connectivity index (χ4n) is 1.51. The van der Waals surface area contributed by atoms with Gasteiger partial charge in [0.25, 0.3) is 11.7 Å². The molecule has 0 aliphatic carbocycles. The Hall–Kier alpha value is -1.50. The molecule has 1 unspecified atom stereocenters. The second-order valence-electron chi connectivity index (χ2n) is 3.61. The van der Waals surface area contributed by atoms with Crippen LogP contribution in [0.1, 0.15) is 36.8 Å². The normalized spacial score (nSPS) is 12.4. The molecule has 7 heteroatoms. The van der Waals surface area contributed by atoms with Crippen LogP contribution in [0.2, 0.25) is 0 Å². The standard InChI is InChI=1S/C9H17N5O2/c1-2-3-7(4-5-15)6-10-9(16)8-11-13-14-12-8/h7,15H,2-6H2,1H3,(H,10,16)(H,11,12,13,14). The summed E-state index contributed by atoms with van der Waals surface area (Å²) in [5, 5.41) is 24.3. The average Bonchev–Trinajstić information content (AvgIpc) is 2.79. The Bertz CT molecular complexity index is 295. The van der Waals surface area contributed by atoms with Gasteiger partial charge in [-0.1, -0.05) is 13.3 Å². The average molecular weight is 227 g/mol. The van der Waals surface area contributed by atoms with Gasteiger partial charge in [0.05, 0.1) is 0 Å². The molecule has 16 heavy (non-hydrogen) atoms. The van der Waals surface area contributed by atoms with Crippen molar-refractivity contribution in [2.24, 2.45) is 5.92 Å². The highest BCUT2D eigenvalue weighted by atomic mass is 16.3. The Labute approximate surface area is 93.6 Å². The maximum absolute atomic E-state index is 11.5. The Morgan fingerprint density at radius 3 is 2.94 bits per heavy atom. The molecule has 1 rings (SSSR count). The van der Waals surface area contributed by atoms with Crippen molar-refractivity contribution in [1.82, 2.24) is 25.9 Å². The number of aromatic amines is 1. The van der Waals surface area contributed by atoms with Crippen molar-refractivity contribution in [2.75, 3.05) is 13.2 Å².